The Labute approximate surface area is 201 Å². The van der Waals surface area contributed by atoms with Crippen molar-refractivity contribution in [3.05, 3.63) is 88.2 Å². The Morgan fingerprint density at radius 1 is 0.909 bits per heavy atom. The van der Waals surface area contributed by atoms with E-state index in [9.17, 15) is 17.6 Å². The molecule has 1 amide bonds. The van der Waals surface area contributed by atoms with E-state index in [0.29, 0.717) is 13.1 Å². The second-order valence-corrected chi connectivity index (χ2v) is 10.1. The number of nitrogens with one attached hydrogen (secondary N) is 1. The van der Waals surface area contributed by atoms with Gasteiger partial charge in [-0.15, -0.1) is 0 Å². The van der Waals surface area contributed by atoms with Crippen LogP contribution in [0, 0.1) is 5.82 Å². The molecule has 0 saturated carbocycles. The fourth-order valence-corrected chi connectivity index (χ4v) is 5.40. The summed E-state index contributed by atoms with van der Waals surface area (Å²) in [6.45, 7) is 1.58. The van der Waals surface area contributed by atoms with E-state index in [-0.39, 0.29) is 33.7 Å². The van der Waals surface area contributed by atoms with Crippen molar-refractivity contribution in [2.45, 2.75) is 4.90 Å². The van der Waals surface area contributed by atoms with Crippen molar-refractivity contribution in [3.8, 4) is 0 Å². The standard InChI is InChI=1S/C23H20Cl2FN3O3S/c24-19-7-4-8-21(22(19)25)27-23(30)18-15-17(9-10-20(18)26)33(31,32)29-13-11-28(12-14-29)16-5-2-1-3-6-16/h1-10,15H,11-14H2,(H,27,30). The van der Waals surface area contributed by atoms with E-state index < -0.39 is 27.3 Å². The maximum Gasteiger partial charge on any atom is 0.258 e. The van der Waals surface area contributed by atoms with Gasteiger partial charge in [0, 0.05) is 31.9 Å². The van der Waals surface area contributed by atoms with Crippen molar-refractivity contribution in [2.24, 2.45) is 0 Å². The van der Waals surface area contributed by atoms with Crippen LogP contribution < -0.4 is 10.2 Å². The van der Waals surface area contributed by atoms with Gasteiger partial charge in [-0.2, -0.15) is 4.31 Å². The lowest BCUT2D eigenvalue weighted by molar-refractivity contribution is 0.102. The number of sulfonamides is 1. The molecule has 1 heterocycles. The van der Waals surface area contributed by atoms with E-state index in [0.717, 1.165) is 23.9 Å². The average molecular weight is 508 g/mol. The number of hydrogen-bond acceptors (Lipinski definition) is 4. The largest absolute Gasteiger partial charge is 0.369 e. The molecule has 0 aromatic heterocycles. The van der Waals surface area contributed by atoms with E-state index in [1.165, 1.54) is 10.4 Å². The minimum atomic E-state index is -3.92. The summed E-state index contributed by atoms with van der Waals surface area (Å²) in [7, 11) is -3.92. The van der Waals surface area contributed by atoms with E-state index in [2.05, 4.69) is 10.2 Å². The summed E-state index contributed by atoms with van der Waals surface area (Å²) in [5.74, 6) is -1.68. The first kappa shape index (κ1) is 23.5. The van der Waals surface area contributed by atoms with Crippen LogP contribution in [0.2, 0.25) is 10.0 Å². The first-order valence-corrected chi connectivity index (χ1v) is 12.3. The monoisotopic (exact) mass is 507 g/mol. The van der Waals surface area contributed by atoms with Gasteiger partial charge in [-0.25, -0.2) is 12.8 Å². The van der Waals surface area contributed by atoms with Crippen molar-refractivity contribution in [2.75, 3.05) is 36.4 Å². The third kappa shape index (κ3) is 4.99. The van der Waals surface area contributed by atoms with Crippen LogP contribution in [0.1, 0.15) is 10.4 Å². The molecule has 0 aliphatic carbocycles. The number of piperazine rings is 1. The second-order valence-electron chi connectivity index (χ2n) is 7.42. The molecule has 4 rings (SSSR count). The molecular weight excluding hydrogens is 488 g/mol. The van der Waals surface area contributed by atoms with Crippen molar-refractivity contribution < 1.29 is 17.6 Å². The van der Waals surface area contributed by atoms with Crippen molar-refractivity contribution >= 4 is 50.5 Å². The number of amides is 1. The van der Waals surface area contributed by atoms with Gasteiger partial charge in [0.2, 0.25) is 10.0 Å². The van der Waals surface area contributed by atoms with Gasteiger partial charge in [-0.05, 0) is 42.5 Å². The van der Waals surface area contributed by atoms with E-state index in [1.807, 2.05) is 30.3 Å². The van der Waals surface area contributed by atoms with Crippen molar-refractivity contribution in [1.82, 2.24) is 4.31 Å². The Morgan fingerprint density at radius 3 is 2.30 bits per heavy atom. The molecule has 33 heavy (non-hydrogen) atoms. The molecule has 3 aromatic carbocycles. The lowest BCUT2D eigenvalue weighted by Gasteiger charge is -2.35. The number of carbonyl (C=O) groups is 1. The van der Waals surface area contributed by atoms with E-state index in [1.54, 1.807) is 12.1 Å². The molecule has 3 aromatic rings. The molecule has 1 aliphatic rings. The predicted molar refractivity (Wildman–Crippen MR) is 128 cm³/mol. The molecule has 0 atom stereocenters. The third-order valence-corrected chi connectivity index (χ3v) is 8.09. The van der Waals surface area contributed by atoms with Crippen LogP contribution in [-0.2, 0) is 10.0 Å². The highest BCUT2D eigenvalue weighted by Crippen LogP contribution is 2.30. The zero-order valence-electron chi connectivity index (χ0n) is 17.3. The highest BCUT2D eigenvalue weighted by atomic mass is 35.5. The molecule has 10 heteroatoms. The number of rotatable bonds is 5. The molecular formula is C23H20Cl2FN3O3S. The lowest BCUT2D eigenvalue weighted by atomic mass is 10.2. The molecule has 0 radical (unpaired) electrons. The maximum atomic E-state index is 14.4. The normalized spacial score (nSPS) is 14.8. The van der Waals surface area contributed by atoms with Gasteiger partial charge in [-0.1, -0.05) is 47.5 Å². The second kappa shape index (κ2) is 9.69. The zero-order chi connectivity index (χ0) is 23.6. The average Bonchev–Trinajstić information content (AvgIpc) is 2.83. The molecule has 172 valence electrons. The van der Waals surface area contributed by atoms with Crippen molar-refractivity contribution in [3.63, 3.8) is 0 Å². The number of hydrogen-bond donors (Lipinski definition) is 1. The van der Waals surface area contributed by atoms with Gasteiger partial charge in [0.15, 0.2) is 0 Å². The van der Waals surface area contributed by atoms with Crippen LogP contribution in [0.5, 0.6) is 0 Å². The summed E-state index contributed by atoms with van der Waals surface area (Å²) in [6, 6.07) is 17.5. The molecule has 1 fully saturated rings. The number of halogens is 3. The maximum absolute atomic E-state index is 14.4. The quantitative estimate of drug-likeness (QED) is 0.533. The van der Waals surface area contributed by atoms with E-state index >= 15 is 0 Å². The highest BCUT2D eigenvalue weighted by Gasteiger charge is 2.30. The lowest BCUT2D eigenvalue weighted by Crippen LogP contribution is -2.48. The molecule has 6 nitrogen and oxygen atoms in total. The first-order chi connectivity index (χ1) is 15.8. The Morgan fingerprint density at radius 2 is 1.61 bits per heavy atom. The summed E-state index contributed by atoms with van der Waals surface area (Å²) in [4.78, 5) is 14.6. The number of carbonyl (C=O) groups excluding carboxylic acids is 1. The van der Waals surface area contributed by atoms with Gasteiger partial charge >= 0.3 is 0 Å². The minimum Gasteiger partial charge on any atom is -0.369 e. The van der Waals surface area contributed by atoms with Gasteiger partial charge in [0.25, 0.3) is 5.91 Å². The van der Waals surface area contributed by atoms with Crippen LogP contribution in [0.25, 0.3) is 0 Å². The number of anilines is 2. The fourth-order valence-electron chi connectivity index (χ4n) is 3.60. The molecule has 0 unspecified atom stereocenters. The van der Waals surface area contributed by atoms with Gasteiger partial charge in [-0.3, -0.25) is 4.79 Å². The topological polar surface area (TPSA) is 69.7 Å². The Bertz CT molecular complexity index is 1280. The van der Waals surface area contributed by atoms with Crippen LogP contribution in [0.4, 0.5) is 15.8 Å². The Kier molecular flexibility index (Phi) is 6.90. The molecule has 0 spiro atoms. The van der Waals surface area contributed by atoms with Crippen LogP contribution >= 0.6 is 23.2 Å². The summed E-state index contributed by atoms with van der Waals surface area (Å²) < 4.78 is 42.2. The first-order valence-electron chi connectivity index (χ1n) is 10.1. The highest BCUT2D eigenvalue weighted by molar-refractivity contribution is 7.89. The smallest absolute Gasteiger partial charge is 0.258 e. The van der Waals surface area contributed by atoms with E-state index in [4.69, 9.17) is 23.2 Å². The summed E-state index contributed by atoms with van der Waals surface area (Å²) in [5, 5.41) is 2.81. The van der Waals surface area contributed by atoms with Gasteiger partial charge in [0.05, 0.1) is 26.2 Å². The van der Waals surface area contributed by atoms with Crippen LogP contribution in [0.3, 0.4) is 0 Å². The van der Waals surface area contributed by atoms with Crippen LogP contribution in [0.15, 0.2) is 71.6 Å². The molecule has 0 bridgehead atoms. The molecule has 1 N–H and O–H groups in total. The fraction of sp³-hybridized carbons (Fsp3) is 0.174. The third-order valence-electron chi connectivity index (χ3n) is 5.38. The predicted octanol–water partition coefficient (Wildman–Crippen LogP) is 4.90. The number of benzene rings is 3. The van der Waals surface area contributed by atoms with Crippen LogP contribution in [-0.4, -0.2) is 44.8 Å². The minimum absolute atomic E-state index is 0.105. The zero-order valence-corrected chi connectivity index (χ0v) is 19.7. The summed E-state index contributed by atoms with van der Waals surface area (Å²) in [5.41, 5.74) is 0.809. The Hall–Kier alpha value is -2.65. The summed E-state index contributed by atoms with van der Waals surface area (Å²) >= 11 is 12.0. The Balaban J connectivity index is 1.53. The summed E-state index contributed by atoms with van der Waals surface area (Å²) in [6.07, 6.45) is 0. The van der Waals surface area contributed by atoms with Gasteiger partial charge in [0.1, 0.15) is 5.82 Å². The van der Waals surface area contributed by atoms with Crippen molar-refractivity contribution in [1.29, 1.82) is 0 Å². The molecule has 1 saturated heterocycles. The number of nitrogens with zero attached hydrogens (tertiary/aromatic N) is 2. The molecule has 1 aliphatic heterocycles. The SMILES string of the molecule is O=C(Nc1cccc(Cl)c1Cl)c1cc(S(=O)(=O)N2CCN(c3ccccc3)CC2)ccc1F. The number of para-hydroxylation sites is 1. The van der Waals surface area contributed by atoms with Gasteiger partial charge < -0.3 is 10.2 Å².